The number of hydrogen-bond acceptors (Lipinski definition) is 2. The van der Waals surface area contributed by atoms with Gasteiger partial charge in [-0.1, -0.05) is 19.1 Å². The molecule has 0 aliphatic heterocycles. The molecule has 0 unspecified atom stereocenters. The largest absolute Gasteiger partial charge is 0.497 e. The molecule has 0 heterocycles. The quantitative estimate of drug-likeness (QED) is 0.848. The van der Waals surface area contributed by atoms with E-state index in [1.807, 2.05) is 31.2 Å². The first-order valence-electron chi connectivity index (χ1n) is 6.95. The van der Waals surface area contributed by atoms with Crippen LogP contribution in [0, 0.1) is 5.82 Å². The molecule has 2 aromatic rings. The molecule has 0 spiro atoms. The first-order valence-corrected chi connectivity index (χ1v) is 7.74. The second kappa shape index (κ2) is 7.40. The zero-order valence-corrected chi connectivity index (χ0v) is 14.0. The Labute approximate surface area is 137 Å². The predicted molar refractivity (Wildman–Crippen MR) is 87.6 cm³/mol. The summed E-state index contributed by atoms with van der Waals surface area (Å²) < 4.78 is 18.7. The molecule has 0 saturated carbocycles. The molecule has 0 aliphatic carbocycles. The summed E-state index contributed by atoms with van der Waals surface area (Å²) >= 11 is 3.22. The van der Waals surface area contributed by atoms with E-state index in [0.717, 1.165) is 17.7 Å². The van der Waals surface area contributed by atoms with Crippen molar-refractivity contribution < 1.29 is 13.9 Å². The van der Waals surface area contributed by atoms with E-state index < -0.39 is 0 Å². The van der Waals surface area contributed by atoms with Crippen LogP contribution < -0.4 is 10.1 Å². The molecule has 0 fully saturated rings. The highest BCUT2D eigenvalue weighted by Crippen LogP contribution is 2.23. The number of amides is 1. The number of rotatable bonds is 5. The number of halogens is 2. The third-order valence-corrected chi connectivity index (χ3v) is 4.06. The SMILES string of the molecule is CC[C@@H](NC(=O)c1ccc(F)cc1Br)c1ccc(OC)cc1. The highest BCUT2D eigenvalue weighted by atomic mass is 79.9. The van der Waals surface area contributed by atoms with Crippen LogP contribution in [0.1, 0.15) is 35.3 Å². The number of ether oxygens (including phenoxy) is 1. The van der Waals surface area contributed by atoms with E-state index in [2.05, 4.69) is 21.2 Å². The van der Waals surface area contributed by atoms with E-state index in [4.69, 9.17) is 4.74 Å². The molecule has 116 valence electrons. The molecule has 0 aliphatic rings. The molecular weight excluding hydrogens is 349 g/mol. The van der Waals surface area contributed by atoms with Crippen LogP contribution in [0.5, 0.6) is 5.75 Å². The van der Waals surface area contributed by atoms with Gasteiger partial charge in [0.15, 0.2) is 0 Å². The molecule has 3 nitrogen and oxygen atoms in total. The molecule has 1 atom stereocenters. The molecule has 1 amide bonds. The van der Waals surface area contributed by atoms with Gasteiger partial charge in [-0.2, -0.15) is 0 Å². The van der Waals surface area contributed by atoms with Gasteiger partial charge in [0.05, 0.1) is 18.7 Å². The predicted octanol–water partition coefficient (Wildman–Crippen LogP) is 4.48. The Bertz CT molecular complexity index is 658. The van der Waals surface area contributed by atoms with Crippen molar-refractivity contribution >= 4 is 21.8 Å². The Morgan fingerprint density at radius 3 is 2.50 bits per heavy atom. The first kappa shape index (κ1) is 16.5. The number of carbonyl (C=O) groups excluding carboxylic acids is 1. The Balaban J connectivity index is 2.16. The topological polar surface area (TPSA) is 38.3 Å². The van der Waals surface area contributed by atoms with Crippen LogP contribution in [0.2, 0.25) is 0 Å². The van der Waals surface area contributed by atoms with Crippen LogP contribution in [-0.2, 0) is 0 Å². The van der Waals surface area contributed by atoms with Crippen LogP contribution in [0.25, 0.3) is 0 Å². The van der Waals surface area contributed by atoms with Crippen molar-refractivity contribution in [1.29, 1.82) is 0 Å². The summed E-state index contributed by atoms with van der Waals surface area (Å²) in [4.78, 5) is 12.4. The minimum atomic E-state index is -0.384. The number of nitrogens with one attached hydrogen (secondary N) is 1. The molecule has 0 bridgehead atoms. The number of methoxy groups -OCH3 is 1. The van der Waals surface area contributed by atoms with Crippen LogP contribution >= 0.6 is 15.9 Å². The van der Waals surface area contributed by atoms with Gasteiger partial charge in [-0.25, -0.2) is 4.39 Å². The molecule has 0 aromatic heterocycles. The molecule has 5 heteroatoms. The second-order valence-corrected chi connectivity index (χ2v) is 5.69. The van der Waals surface area contributed by atoms with E-state index in [9.17, 15) is 9.18 Å². The van der Waals surface area contributed by atoms with Crippen molar-refractivity contribution in [3.8, 4) is 5.75 Å². The molecule has 2 rings (SSSR count). The molecule has 1 N–H and O–H groups in total. The second-order valence-electron chi connectivity index (χ2n) is 4.83. The lowest BCUT2D eigenvalue weighted by atomic mass is 10.0. The van der Waals surface area contributed by atoms with Gasteiger partial charge in [0.1, 0.15) is 11.6 Å². The fraction of sp³-hybridized carbons (Fsp3) is 0.235. The molecule has 22 heavy (non-hydrogen) atoms. The van der Waals surface area contributed by atoms with Crippen molar-refractivity contribution in [1.82, 2.24) is 5.32 Å². The smallest absolute Gasteiger partial charge is 0.252 e. The molecule has 2 aromatic carbocycles. The van der Waals surface area contributed by atoms with Gasteiger partial charge in [-0.05, 0) is 58.2 Å². The standard InChI is InChI=1S/C17H17BrFNO2/c1-3-16(11-4-7-13(22-2)8-5-11)20-17(21)14-9-6-12(19)10-15(14)18/h4-10,16H,3H2,1-2H3,(H,20,21)/t16-/m1/s1. The van der Waals surface area contributed by atoms with E-state index in [1.54, 1.807) is 7.11 Å². The monoisotopic (exact) mass is 365 g/mol. The summed E-state index contributed by atoms with van der Waals surface area (Å²) in [6.45, 7) is 1.99. The van der Waals surface area contributed by atoms with E-state index in [1.165, 1.54) is 18.2 Å². The first-order chi connectivity index (χ1) is 10.5. The number of hydrogen-bond donors (Lipinski definition) is 1. The highest BCUT2D eigenvalue weighted by Gasteiger charge is 2.16. The van der Waals surface area contributed by atoms with Crippen molar-refractivity contribution in [3.05, 3.63) is 63.9 Å². The summed E-state index contributed by atoms with van der Waals surface area (Å²) in [7, 11) is 1.61. The van der Waals surface area contributed by atoms with Gasteiger partial charge in [-0.3, -0.25) is 4.79 Å². The van der Waals surface area contributed by atoms with E-state index in [0.29, 0.717) is 10.0 Å². The molecular formula is C17H17BrFNO2. The minimum absolute atomic E-state index is 0.115. The lowest BCUT2D eigenvalue weighted by Crippen LogP contribution is -2.28. The van der Waals surface area contributed by atoms with Gasteiger partial charge >= 0.3 is 0 Å². The summed E-state index contributed by atoms with van der Waals surface area (Å²) in [5.74, 6) is 0.145. The van der Waals surface area contributed by atoms with E-state index >= 15 is 0 Å². The van der Waals surface area contributed by atoms with Crippen LogP contribution in [-0.4, -0.2) is 13.0 Å². The Kier molecular flexibility index (Phi) is 5.55. The van der Waals surface area contributed by atoms with Crippen LogP contribution in [0.4, 0.5) is 4.39 Å². The third kappa shape index (κ3) is 3.85. The fourth-order valence-electron chi connectivity index (χ4n) is 2.17. The highest BCUT2D eigenvalue weighted by molar-refractivity contribution is 9.10. The van der Waals surface area contributed by atoms with Crippen molar-refractivity contribution in [2.75, 3.05) is 7.11 Å². The summed E-state index contributed by atoms with van der Waals surface area (Å²) in [6.07, 6.45) is 0.747. The van der Waals surface area contributed by atoms with Crippen LogP contribution in [0.15, 0.2) is 46.9 Å². The van der Waals surface area contributed by atoms with Gasteiger partial charge in [-0.15, -0.1) is 0 Å². The van der Waals surface area contributed by atoms with Gasteiger partial charge in [0.2, 0.25) is 0 Å². The lowest BCUT2D eigenvalue weighted by Gasteiger charge is -2.18. The lowest BCUT2D eigenvalue weighted by molar-refractivity contribution is 0.0934. The van der Waals surface area contributed by atoms with Gasteiger partial charge < -0.3 is 10.1 Å². The van der Waals surface area contributed by atoms with Crippen LogP contribution in [0.3, 0.4) is 0 Å². The van der Waals surface area contributed by atoms with Crippen molar-refractivity contribution in [3.63, 3.8) is 0 Å². The minimum Gasteiger partial charge on any atom is -0.497 e. The maximum atomic E-state index is 13.1. The average Bonchev–Trinajstić information content (AvgIpc) is 2.52. The van der Waals surface area contributed by atoms with Gasteiger partial charge in [0, 0.05) is 4.47 Å². The number of carbonyl (C=O) groups is 1. The maximum Gasteiger partial charge on any atom is 0.252 e. The fourth-order valence-corrected chi connectivity index (χ4v) is 2.70. The van der Waals surface area contributed by atoms with Crippen molar-refractivity contribution in [2.45, 2.75) is 19.4 Å². The molecule has 0 saturated heterocycles. The van der Waals surface area contributed by atoms with Gasteiger partial charge in [0.25, 0.3) is 5.91 Å². The summed E-state index contributed by atoms with van der Waals surface area (Å²) in [5, 5.41) is 2.96. The maximum absolute atomic E-state index is 13.1. The number of benzene rings is 2. The summed E-state index contributed by atoms with van der Waals surface area (Å²) in [6, 6.07) is 11.5. The molecule has 0 radical (unpaired) electrons. The Hall–Kier alpha value is -1.88. The zero-order chi connectivity index (χ0) is 16.1. The van der Waals surface area contributed by atoms with Crippen molar-refractivity contribution in [2.24, 2.45) is 0 Å². The Morgan fingerprint density at radius 2 is 1.95 bits per heavy atom. The summed E-state index contributed by atoms with van der Waals surface area (Å²) in [5.41, 5.74) is 1.41. The average molecular weight is 366 g/mol. The Morgan fingerprint density at radius 1 is 1.27 bits per heavy atom. The third-order valence-electron chi connectivity index (χ3n) is 3.41. The normalized spacial score (nSPS) is 11.8. The van der Waals surface area contributed by atoms with E-state index in [-0.39, 0.29) is 17.8 Å². The zero-order valence-electron chi connectivity index (χ0n) is 12.4.